The molecule has 8 heavy (non-hydrogen) atoms. The number of aliphatic imine (C=N–C) groups is 1. The van der Waals surface area contributed by atoms with Crippen molar-refractivity contribution in [2.24, 2.45) is 10.7 Å². The van der Waals surface area contributed by atoms with Gasteiger partial charge in [-0.25, -0.2) is 10.1 Å². The maximum absolute atomic E-state index is 8.70. The van der Waals surface area contributed by atoms with Crippen LogP contribution in [0.25, 0.3) is 0 Å². The summed E-state index contributed by atoms with van der Waals surface area (Å²) in [6, 6.07) is 0. The zero-order valence-electron chi connectivity index (χ0n) is 4.28. The van der Waals surface area contributed by atoms with Crippen LogP contribution in [0.1, 0.15) is 0 Å². The van der Waals surface area contributed by atoms with E-state index in [1.54, 1.807) is 12.3 Å². The van der Waals surface area contributed by atoms with Gasteiger partial charge < -0.3 is 5.73 Å². The smallest absolute Gasteiger partial charge is 0.220 e. The molecule has 0 aliphatic carbocycles. The van der Waals surface area contributed by atoms with E-state index in [2.05, 4.69) is 4.99 Å². The molecule has 3 N–H and O–H groups in total. The number of hydrogen-bond acceptors (Lipinski definition) is 4. The molecule has 0 radical (unpaired) electrons. The molecular formula is C4H7N3O. The molecule has 0 saturated heterocycles. The predicted molar refractivity (Wildman–Crippen MR) is 29.3 cm³/mol. The highest BCUT2D eigenvalue weighted by molar-refractivity contribution is 5.78. The third-order valence-corrected chi connectivity index (χ3v) is 0.855. The zero-order valence-corrected chi connectivity index (χ0v) is 4.28. The fourth-order valence-corrected chi connectivity index (χ4v) is 0.436. The van der Waals surface area contributed by atoms with E-state index in [0.717, 1.165) is 5.06 Å². The summed E-state index contributed by atoms with van der Waals surface area (Å²) >= 11 is 0. The lowest BCUT2D eigenvalue weighted by Gasteiger charge is -2.14. The lowest BCUT2D eigenvalue weighted by atomic mass is 10.5. The molecule has 0 saturated carbocycles. The Morgan fingerprint density at radius 3 is 3.00 bits per heavy atom. The largest absolute Gasteiger partial charge is 0.368 e. The molecule has 1 rings (SSSR count). The van der Waals surface area contributed by atoms with E-state index in [1.165, 1.54) is 0 Å². The van der Waals surface area contributed by atoms with Gasteiger partial charge in [-0.2, -0.15) is 0 Å². The van der Waals surface area contributed by atoms with Crippen LogP contribution in [0.2, 0.25) is 0 Å². The van der Waals surface area contributed by atoms with Crippen LogP contribution in [0.5, 0.6) is 0 Å². The van der Waals surface area contributed by atoms with Gasteiger partial charge in [-0.15, -0.1) is 0 Å². The second-order valence-corrected chi connectivity index (χ2v) is 1.45. The SMILES string of the molecule is NC1=NC=CCN1O. The Kier molecular flexibility index (Phi) is 1.17. The molecule has 4 heteroatoms. The number of hydroxylamine groups is 2. The Labute approximate surface area is 46.9 Å². The van der Waals surface area contributed by atoms with Crippen LogP contribution in [0.15, 0.2) is 17.3 Å². The summed E-state index contributed by atoms with van der Waals surface area (Å²) in [5, 5.41) is 9.58. The summed E-state index contributed by atoms with van der Waals surface area (Å²) in [4.78, 5) is 3.60. The second kappa shape index (κ2) is 1.83. The maximum atomic E-state index is 8.70. The third kappa shape index (κ3) is 0.788. The Bertz CT molecular complexity index is 140. The number of nitrogens with zero attached hydrogens (tertiary/aromatic N) is 2. The molecule has 0 unspecified atom stereocenters. The molecule has 0 aromatic heterocycles. The van der Waals surface area contributed by atoms with Crippen molar-refractivity contribution in [2.75, 3.05) is 6.54 Å². The molecule has 0 aromatic rings. The molecule has 0 bridgehead atoms. The normalized spacial score (nSPS) is 18.6. The van der Waals surface area contributed by atoms with Gasteiger partial charge in [-0.05, 0) is 6.08 Å². The summed E-state index contributed by atoms with van der Waals surface area (Å²) in [7, 11) is 0. The zero-order chi connectivity index (χ0) is 5.98. The Hall–Kier alpha value is -1.03. The van der Waals surface area contributed by atoms with Gasteiger partial charge in [0.05, 0.1) is 6.54 Å². The van der Waals surface area contributed by atoms with Crippen molar-refractivity contribution in [3.63, 3.8) is 0 Å². The molecule has 1 aliphatic rings. The minimum Gasteiger partial charge on any atom is -0.368 e. The van der Waals surface area contributed by atoms with Crippen molar-refractivity contribution >= 4 is 5.96 Å². The van der Waals surface area contributed by atoms with Crippen LogP contribution in [0, 0.1) is 0 Å². The van der Waals surface area contributed by atoms with Crippen molar-refractivity contribution < 1.29 is 5.21 Å². The van der Waals surface area contributed by atoms with Gasteiger partial charge in [0.1, 0.15) is 0 Å². The average molecular weight is 113 g/mol. The quantitative estimate of drug-likeness (QED) is 0.446. The summed E-state index contributed by atoms with van der Waals surface area (Å²) in [5.74, 6) is 0.146. The molecule has 0 atom stereocenters. The lowest BCUT2D eigenvalue weighted by Crippen LogP contribution is -2.35. The Balaban J connectivity index is 2.66. The van der Waals surface area contributed by atoms with Crippen molar-refractivity contribution in [1.29, 1.82) is 0 Å². The van der Waals surface area contributed by atoms with Gasteiger partial charge in [0.2, 0.25) is 5.96 Å². The van der Waals surface area contributed by atoms with Gasteiger partial charge >= 0.3 is 0 Å². The van der Waals surface area contributed by atoms with Crippen LogP contribution < -0.4 is 5.73 Å². The molecule has 0 amide bonds. The molecule has 1 heterocycles. The number of hydrogen-bond donors (Lipinski definition) is 2. The third-order valence-electron chi connectivity index (χ3n) is 0.855. The van der Waals surface area contributed by atoms with E-state index < -0.39 is 0 Å². The molecule has 1 aliphatic heterocycles. The van der Waals surface area contributed by atoms with E-state index in [9.17, 15) is 0 Å². The van der Waals surface area contributed by atoms with E-state index in [4.69, 9.17) is 10.9 Å². The van der Waals surface area contributed by atoms with E-state index in [0.29, 0.717) is 6.54 Å². The van der Waals surface area contributed by atoms with Gasteiger partial charge in [0.25, 0.3) is 0 Å². The highest BCUT2D eigenvalue weighted by Crippen LogP contribution is 1.90. The molecule has 4 nitrogen and oxygen atoms in total. The van der Waals surface area contributed by atoms with E-state index in [1.807, 2.05) is 0 Å². The fourth-order valence-electron chi connectivity index (χ4n) is 0.436. The van der Waals surface area contributed by atoms with Crippen molar-refractivity contribution in [1.82, 2.24) is 5.06 Å². The Morgan fingerprint density at radius 2 is 2.62 bits per heavy atom. The highest BCUT2D eigenvalue weighted by Gasteiger charge is 2.01. The number of guanidine groups is 1. The van der Waals surface area contributed by atoms with Crippen molar-refractivity contribution in [2.45, 2.75) is 0 Å². The lowest BCUT2D eigenvalue weighted by molar-refractivity contribution is -0.00567. The molecule has 0 aromatic carbocycles. The van der Waals surface area contributed by atoms with Gasteiger partial charge in [-0.1, -0.05) is 0 Å². The Morgan fingerprint density at radius 1 is 1.88 bits per heavy atom. The second-order valence-electron chi connectivity index (χ2n) is 1.45. The monoisotopic (exact) mass is 113 g/mol. The van der Waals surface area contributed by atoms with Crippen LogP contribution in [-0.2, 0) is 0 Å². The van der Waals surface area contributed by atoms with Gasteiger partial charge in [-0.3, -0.25) is 5.21 Å². The molecular weight excluding hydrogens is 106 g/mol. The van der Waals surface area contributed by atoms with Crippen LogP contribution in [0.3, 0.4) is 0 Å². The minimum absolute atomic E-state index is 0.146. The summed E-state index contributed by atoms with van der Waals surface area (Å²) in [6.07, 6.45) is 3.26. The number of nitrogens with two attached hydrogens (primary N) is 1. The maximum Gasteiger partial charge on any atom is 0.220 e. The van der Waals surface area contributed by atoms with E-state index in [-0.39, 0.29) is 5.96 Å². The summed E-state index contributed by atoms with van der Waals surface area (Å²) in [6.45, 7) is 0.426. The first-order valence-electron chi connectivity index (χ1n) is 2.25. The first kappa shape index (κ1) is 5.11. The van der Waals surface area contributed by atoms with E-state index >= 15 is 0 Å². The first-order valence-corrected chi connectivity index (χ1v) is 2.25. The molecule has 44 valence electrons. The van der Waals surface area contributed by atoms with Crippen LogP contribution in [0.4, 0.5) is 0 Å². The summed E-state index contributed by atoms with van der Waals surface area (Å²) in [5.41, 5.74) is 5.15. The first-order chi connectivity index (χ1) is 3.80. The topological polar surface area (TPSA) is 61.8 Å². The predicted octanol–water partition coefficient (Wildman–Crippen LogP) is -0.480. The average Bonchev–Trinajstić information content (AvgIpc) is 1.77. The molecule has 0 fully saturated rings. The van der Waals surface area contributed by atoms with Crippen molar-refractivity contribution in [3.8, 4) is 0 Å². The van der Waals surface area contributed by atoms with Crippen LogP contribution in [-0.4, -0.2) is 22.8 Å². The molecule has 0 spiro atoms. The number of rotatable bonds is 0. The van der Waals surface area contributed by atoms with Gasteiger partial charge in [0, 0.05) is 6.20 Å². The minimum atomic E-state index is 0.146. The van der Waals surface area contributed by atoms with Crippen molar-refractivity contribution in [3.05, 3.63) is 12.3 Å². The summed E-state index contributed by atoms with van der Waals surface area (Å²) < 4.78 is 0. The van der Waals surface area contributed by atoms with Crippen LogP contribution >= 0.6 is 0 Å². The standard InChI is InChI=1S/C4H7N3O/c5-4-6-2-1-3-7(4)8/h1-2,8H,3H2,(H2,5,6). The fraction of sp³-hybridized carbons (Fsp3) is 0.250. The highest BCUT2D eigenvalue weighted by atomic mass is 16.5. The van der Waals surface area contributed by atoms with Gasteiger partial charge in [0.15, 0.2) is 0 Å².